The fourth-order valence-corrected chi connectivity index (χ4v) is 4.32. The van der Waals surface area contributed by atoms with E-state index in [4.69, 9.17) is 11.5 Å². The summed E-state index contributed by atoms with van der Waals surface area (Å²) >= 11 is 1.47. The molecule has 21 heavy (non-hydrogen) atoms. The summed E-state index contributed by atoms with van der Waals surface area (Å²) in [4.78, 5) is 13.4. The van der Waals surface area contributed by atoms with Gasteiger partial charge in [0.2, 0.25) is 0 Å². The number of unbranched alkanes of at least 4 members (excludes halogenated alkanes) is 1. The molecule has 7 heteroatoms. The van der Waals surface area contributed by atoms with Gasteiger partial charge in [0.1, 0.15) is 0 Å². The van der Waals surface area contributed by atoms with Crippen LogP contribution in [0.1, 0.15) is 25.5 Å². The van der Waals surface area contributed by atoms with Gasteiger partial charge >= 0.3 is 135 Å². The normalized spacial score (nSPS) is 12.4. The third-order valence-corrected chi connectivity index (χ3v) is 5.52. The first-order valence-electron chi connectivity index (χ1n) is 6.86. The van der Waals surface area contributed by atoms with Crippen LogP contribution in [0.3, 0.4) is 0 Å². The van der Waals surface area contributed by atoms with Crippen molar-refractivity contribution < 1.29 is 0 Å². The van der Waals surface area contributed by atoms with E-state index in [0.29, 0.717) is 11.7 Å². The fraction of sp³-hybridized carbons (Fsp3) is 0.357. The molecule has 0 aliphatic carbocycles. The Bertz CT molecular complexity index is 611. The topological polar surface area (TPSA) is 90.2 Å². The second-order valence-electron chi connectivity index (χ2n) is 4.44. The zero-order valence-electron chi connectivity index (χ0n) is 12.0. The Kier molecular flexibility index (Phi) is 6.36. The molecule has 5 nitrogen and oxygen atoms in total. The van der Waals surface area contributed by atoms with Crippen molar-refractivity contribution in [1.29, 1.82) is 0 Å². The average Bonchev–Trinajstić information content (AvgIpc) is 2.96. The van der Waals surface area contributed by atoms with Crippen molar-refractivity contribution >= 4 is 36.8 Å². The summed E-state index contributed by atoms with van der Waals surface area (Å²) < 4.78 is 0.740. The molecular formula is C14H19AsN5S. The fourth-order valence-electron chi connectivity index (χ4n) is 1.65. The maximum atomic E-state index is 5.97. The Morgan fingerprint density at radius 2 is 2.19 bits per heavy atom. The first kappa shape index (κ1) is 16.1. The van der Waals surface area contributed by atoms with E-state index in [1.807, 2.05) is 23.6 Å². The number of hydrogen-bond acceptors (Lipinski definition) is 5. The van der Waals surface area contributed by atoms with Crippen LogP contribution in [0.5, 0.6) is 0 Å². The third kappa shape index (κ3) is 4.91. The number of nitrogens with zero attached hydrogens (tertiary/aromatic N) is 3. The molecular weight excluding hydrogens is 345 g/mol. The molecule has 0 aromatic carbocycles. The van der Waals surface area contributed by atoms with Crippen molar-refractivity contribution in [2.45, 2.75) is 31.5 Å². The average molecular weight is 364 g/mol. The van der Waals surface area contributed by atoms with Crippen molar-refractivity contribution in [3.8, 4) is 11.4 Å². The number of rotatable bonds is 7. The summed E-state index contributed by atoms with van der Waals surface area (Å²) in [5.74, 6) is 0. The summed E-state index contributed by atoms with van der Waals surface area (Å²) in [5, 5.41) is 3.83. The second kappa shape index (κ2) is 8.27. The summed E-state index contributed by atoms with van der Waals surface area (Å²) in [6.07, 6.45) is 2.42. The van der Waals surface area contributed by atoms with E-state index in [-0.39, 0.29) is 15.8 Å². The van der Waals surface area contributed by atoms with E-state index in [0.717, 1.165) is 21.7 Å². The van der Waals surface area contributed by atoms with Gasteiger partial charge in [-0.15, -0.1) is 0 Å². The van der Waals surface area contributed by atoms with Gasteiger partial charge in [0.25, 0.3) is 0 Å². The SMILES string of the molecule is CCCC[As]C(N)=Nc1nc(-c2cccc(CN)n2)cs1. The van der Waals surface area contributed by atoms with Crippen molar-refractivity contribution in [2.24, 2.45) is 16.5 Å². The quantitative estimate of drug-likeness (QED) is 0.342. The van der Waals surface area contributed by atoms with Gasteiger partial charge < -0.3 is 0 Å². The second-order valence-corrected chi connectivity index (χ2v) is 7.84. The molecule has 0 saturated carbocycles. The molecule has 2 heterocycles. The van der Waals surface area contributed by atoms with Gasteiger partial charge in [-0.05, 0) is 0 Å². The molecule has 0 unspecified atom stereocenters. The van der Waals surface area contributed by atoms with Gasteiger partial charge in [0.05, 0.1) is 0 Å². The van der Waals surface area contributed by atoms with Crippen molar-refractivity contribution in [3.05, 3.63) is 29.3 Å². The Hall–Kier alpha value is -1.23. The molecule has 2 aromatic heterocycles. The molecule has 4 N–H and O–H groups in total. The Morgan fingerprint density at radius 3 is 2.95 bits per heavy atom. The van der Waals surface area contributed by atoms with Gasteiger partial charge in [-0.2, -0.15) is 0 Å². The van der Waals surface area contributed by atoms with E-state index in [9.17, 15) is 0 Å². The minimum atomic E-state index is -0.0164. The molecule has 0 amide bonds. The number of hydrogen-bond donors (Lipinski definition) is 2. The molecule has 0 fully saturated rings. The molecule has 0 aliphatic rings. The van der Waals surface area contributed by atoms with Crippen molar-refractivity contribution in [1.82, 2.24) is 9.97 Å². The zero-order chi connectivity index (χ0) is 15.1. The van der Waals surface area contributed by atoms with Crippen LogP contribution in [0.2, 0.25) is 5.21 Å². The van der Waals surface area contributed by atoms with Gasteiger partial charge in [-0.1, -0.05) is 0 Å². The van der Waals surface area contributed by atoms with Crippen LogP contribution >= 0.6 is 11.3 Å². The summed E-state index contributed by atoms with van der Waals surface area (Å²) in [6, 6.07) is 5.78. The Labute approximate surface area is 135 Å². The molecule has 0 atom stereocenters. The van der Waals surface area contributed by atoms with Crippen LogP contribution in [-0.4, -0.2) is 30.3 Å². The molecule has 0 aliphatic heterocycles. The molecule has 0 saturated heterocycles. The molecule has 111 valence electrons. The number of amidine groups is 1. The van der Waals surface area contributed by atoms with Crippen LogP contribution in [0.4, 0.5) is 5.13 Å². The van der Waals surface area contributed by atoms with Gasteiger partial charge in [-0.25, -0.2) is 0 Å². The first-order chi connectivity index (χ1) is 10.2. The Morgan fingerprint density at radius 1 is 1.33 bits per heavy atom. The summed E-state index contributed by atoms with van der Waals surface area (Å²) in [7, 11) is 0. The molecule has 1 radical (unpaired) electrons. The maximum absolute atomic E-state index is 5.97. The molecule has 0 bridgehead atoms. The molecule has 2 aromatic rings. The van der Waals surface area contributed by atoms with Crippen molar-refractivity contribution in [3.63, 3.8) is 0 Å². The van der Waals surface area contributed by atoms with E-state index in [1.165, 1.54) is 29.4 Å². The van der Waals surface area contributed by atoms with Crippen LogP contribution in [0, 0.1) is 0 Å². The molecule has 2 rings (SSSR count). The van der Waals surface area contributed by atoms with Crippen molar-refractivity contribution in [2.75, 3.05) is 0 Å². The first-order valence-corrected chi connectivity index (χ1v) is 10.0. The van der Waals surface area contributed by atoms with Crippen LogP contribution < -0.4 is 11.5 Å². The predicted molar refractivity (Wildman–Crippen MR) is 90.0 cm³/mol. The monoisotopic (exact) mass is 364 g/mol. The number of aliphatic imine (C=N–C) groups is 1. The number of thiazole rings is 1. The zero-order valence-corrected chi connectivity index (χ0v) is 14.7. The third-order valence-electron chi connectivity index (χ3n) is 2.77. The Balaban J connectivity index is 2.08. The standard InChI is InChI=1S/C14H19AsN5S/c1-2-3-7-15-13(17)20-14-19-12(9-21-14)11-6-4-5-10(8-16)18-11/h4-6,9H,2-3,7-8,16H2,1H3,(H2,17,19,20). The van der Waals surface area contributed by atoms with Crippen LogP contribution in [0.15, 0.2) is 28.6 Å². The van der Waals surface area contributed by atoms with E-state index < -0.39 is 0 Å². The molecule has 0 spiro atoms. The van der Waals surface area contributed by atoms with Crippen LogP contribution in [-0.2, 0) is 6.54 Å². The number of aromatic nitrogens is 2. The van der Waals surface area contributed by atoms with Gasteiger partial charge in [0, 0.05) is 0 Å². The van der Waals surface area contributed by atoms with Crippen LogP contribution in [0.25, 0.3) is 11.4 Å². The van der Waals surface area contributed by atoms with E-state index in [2.05, 4.69) is 21.9 Å². The predicted octanol–water partition coefficient (Wildman–Crippen LogP) is 2.53. The summed E-state index contributed by atoms with van der Waals surface area (Å²) in [5.41, 5.74) is 14.1. The van der Waals surface area contributed by atoms with E-state index >= 15 is 0 Å². The number of pyridine rings is 1. The summed E-state index contributed by atoms with van der Waals surface area (Å²) in [6.45, 7) is 2.61. The minimum absolute atomic E-state index is 0.0164. The number of nitrogens with two attached hydrogens (primary N) is 2. The van der Waals surface area contributed by atoms with Gasteiger partial charge in [0.15, 0.2) is 0 Å². The van der Waals surface area contributed by atoms with Gasteiger partial charge in [-0.3, -0.25) is 0 Å². The van der Waals surface area contributed by atoms with E-state index in [1.54, 1.807) is 0 Å².